The van der Waals surface area contributed by atoms with Crippen molar-refractivity contribution in [3.8, 4) is 5.75 Å². The lowest BCUT2D eigenvalue weighted by Gasteiger charge is -2.33. The molecule has 4 N–H and O–H groups in total. The number of hydrogen-bond acceptors (Lipinski definition) is 8. The number of rotatable bonds is 10. The van der Waals surface area contributed by atoms with E-state index in [1.54, 1.807) is 4.90 Å². The maximum Gasteiger partial charge on any atom is 0.239 e. The van der Waals surface area contributed by atoms with Crippen molar-refractivity contribution in [1.29, 1.82) is 0 Å². The smallest absolute Gasteiger partial charge is 0.239 e. The number of guanidine groups is 1. The Morgan fingerprint density at radius 2 is 2.00 bits per heavy atom. The van der Waals surface area contributed by atoms with E-state index in [1.807, 2.05) is 23.2 Å². The molecule has 1 aromatic carbocycles. The largest absolute Gasteiger partial charge is 0.494 e. The lowest BCUT2D eigenvalue weighted by molar-refractivity contribution is -0.127. The fourth-order valence-corrected chi connectivity index (χ4v) is 4.18. The summed E-state index contributed by atoms with van der Waals surface area (Å²) in [6.45, 7) is 13.9. The van der Waals surface area contributed by atoms with E-state index in [-0.39, 0.29) is 35.7 Å². The molecule has 0 aliphatic carbocycles. The Balaban J connectivity index is 1.52. The molecule has 38 heavy (non-hydrogen) atoms. The summed E-state index contributed by atoms with van der Waals surface area (Å²) in [5, 5.41) is 11.0. The second-order valence-corrected chi connectivity index (χ2v) is 11.2. The van der Waals surface area contributed by atoms with Crippen molar-refractivity contribution >= 4 is 29.4 Å². The maximum atomic E-state index is 12.5. The normalized spacial score (nSPS) is 17.8. The van der Waals surface area contributed by atoms with Crippen LogP contribution in [-0.2, 0) is 20.9 Å². The second-order valence-electron chi connectivity index (χ2n) is 11.2. The van der Waals surface area contributed by atoms with Gasteiger partial charge in [0.25, 0.3) is 0 Å². The van der Waals surface area contributed by atoms with Crippen LogP contribution in [0.4, 0.5) is 5.69 Å². The second kappa shape index (κ2) is 13.6. The van der Waals surface area contributed by atoms with E-state index in [2.05, 4.69) is 54.1 Å². The van der Waals surface area contributed by atoms with Gasteiger partial charge < -0.3 is 20.3 Å². The summed E-state index contributed by atoms with van der Waals surface area (Å²) in [6, 6.07) is 5.87. The summed E-state index contributed by atoms with van der Waals surface area (Å²) >= 11 is 0. The van der Waals surface area contributed by atoms with Gasteiger partial charge in [0.2, 0.25) is 23.7 Å². The number of benzene rings is 1. The molecule has 0 bridgehead atoms. The molecule has 3 amide bonds. The van der Waals surface area contributed by atoms with Crippen molar-refractivity contribution in [2.75, 3.05) is 39.3 Å². The molecule has 210 valence electrons. The fourth-order valence-electron chi connectivity index (χ4n) is 4.18. The Kier molecular flexibility index (Phi) is 10.5. The van der Waals surface area contributed by atoms with E-state index in [4.69, 9.17) is 4.74 Å². The van der Waals surface area contributed by atoms with Crippen LogP contribution in [0.15, 0.2) is 23.2 Å². The number of fused-ring (bicyclic) bond motifs is 1. The van der Waals surface area contributed by atoms with Gasteiger partial charge in [0, 0.05) is 58.2 Å². The van der Waals surface area contributed by atoms with Gasteiger partial charge in [-0.25, -0.2) is 10.0 Å². The molecule has 0 radical (unpaired) electrons. The van der Waals surface area contributed by atoms with Crippen LogP contribution < -0.4 is 26.1 Å². The van der Waals surface area contributed by atoms with Gasteiger partial charge in [0.05, 0.1) is 12.3 Å². The Bertz CT molecular complexity index is 1020. The van der Waals surface area contributed by atoms with E-state index in [0.717, 1.165) is 31.6 Å². The van der Waals surface area contributed by atoms with Crippen LogP contribution in [0, 0.1) is 5.41 Å². The summed E-state index contributed by atoms with van der Waals surface area (Å²) in [7, 11) is 0. The third-order valence-electron chi connectivity index (χ3n) is 6.35. The Morgan fingerprint density at radius 3 is 2.71 bits per heavy atom. The third kappa shape index (κ3) is 9.60. The van der Waals surface area contributed by atoms with Gasteiger partial charge in [-0.05, 0) is 36.8 Å². The van der Waals surface area contributed by atoms with Crippen LogP contribution in [0.5, 0.6) is 5.75 Å². The minimum Gasteiger partial charge on any atom is -0.494 e. The topological polar surface area (TPSA) is 127 Å². The number of carbonyl (C=O) groups excluding carboxylic acids is 3. The highest BCUT2D eigenvalue weighted by atomic mass is 16.5. The molecule has 0 spiro atoms. The predicted molar refractivity (Wildman–Crippen MR) is 147 cm³/mol. The molecule has 2 aliphatic heterocycles. The Morgan fingerprint density at radius 1 is 1.21 bits per heavy atom. The van der Waals surface area contributed by atoms with E-state index in [9.17, 15) is 14.4 Å². The number of nitrogens with zero attached hydrogens (tertiary/aromatic N) is 3. The van der Waals surface area contributed by atoms with Crippen molar-refractivity contribution in [3.05, 3.63) is 23.8 Å². The quantitative estimate of drug-likeness (QED) is 0.340. The van der Waals surface area contributed by atoms with Gasteiger partial charge in [-0.1, -0.05) is 26.8 Å². The van der Waals surface area contributed by atoms with Crippen LogP contribution >= 0.6 is 0 Å². The number of nitrogens with one attached hydrogen (secondary N) is 4. The number of piperazine rings is 1. The monoisotopic (exact) mass is 529 g/mol. The van der Waals surface area contributed by atoms with Gasteiger partial charge in [0.1, 0.15) is 12.3 Å². The van der Waals surface area contributed by atoms with Crippen molar-refractivity contribution < 1.29 is 19.1 Å². The van der Waals surface area contributed by atoms with Gasteiger partial charge in [0.15, 0.2) is 0 Å². The van der Waals surface area contributed by atoms with Crippen molar-refractivity contribution in [2.45, 2.75) is 66.5 Å². The van der Waals surface area contributed by atoms with Gasteiger partial charge in [-0.15, -0.1) is 0 Å². The lowest BCUT2D eigenvalue weighted by Crippen LogP contribution is -2.57. The molecule has 1 saturated heterocycles. The summed E-state index contributed by atoms with van der Waals surface area (Å²) in [6.07, 6.45) is 1.83. The molecule has 2 heterocycles. The predicted octanol–water partition coefficient (Wildman–Crippen LogP) is 1.66. The molecule has 1 atom stereocenters. The van der Waals surface area contributed by atoms with Crippen LogP contribution in [0.25, 0.3) is 0 Å². The van der Waals surface area contributed by atoms with Crippen LogP contribution in [0.3, 0.4) is 0 Å². The van der Waals surface area contributed by atoms with Gasteiger partial charge in [-0.3, -0.25) is 25.1 Å². The molecule has 3 rings (SSSR count). The zero-order valence-corrected chi connectivity index (χ0v) is 23.4. The first-order valence-corrected chi connectivity index (χ1v) is 13.4. The summed E-state index contributed by atoms with van der Waals surface area (Å²) in [4.78, 5) is 43.0. The first kappa shape index (κ1) is 29.4. The van der Waals surface area contributed by atoms with Crippen molar-refractivity contribution in [2.24, 2.45) is 10.4 Å². The first-order chi connectivity index (χ1) is 18.0. The molecule has 11 nitrogen and oxygen atoms in total. The Hall–Kier alpha value is -3.18. The highest BCUT2D eigenvalue weighted by molar-refractivity contribution is 5.99. The van der Waals surface area contributed by atoms with Crippen LogP contribution in [0.1, 0.15) is 59.4 Å². The molecular formula is C27H43N7O4. The summed E-state index contributed by atoms with van der Waals surface area (Å²) in [5.41, 5.74) is 4.72. The average molecular weight is 530 g/mol. The zero-order valence-electron chi connectivity index (χ0n) is 23.4. The third-order valence-corrected chi connectivity index (χ3v) is 6.35. The Labute approximate surface area is 225 Å². The SMILES string of the molecule is CC(=O)NC1=Nc2cc(OCCCC(=O)NN3CCNCC3C)ccc2CN1CC(=O)NCCC(C)(C)C. The van der Waals surface area contributed by atoms with Crippen LogP contribution in [-0.4, -0.2) is 79.0 Å². The number of carbonyl (C=O) groups is 3. The van der Waals surface area contributed by atoms with E-state index in [0.29, 0.717) is 49.9 Å². The first-order valence-electron chi connectivity index (χ1n) is 13.4. The number of amides is 3. The standard InChI is InChI=1S/C27H43N7O4/c1-19-16-28-12-13-34(19)32-24(36)7-6-14-38-22-9-8-21-17-33(18-25(37)29-11-10-27(3,4)5)26(30-20(2)35)31-23(21)15-22/h8-9,15,19,28H,6-7,10-14,16-18H2,1-5H3,(H,29,37)(H,32,36)(H,30,31,35). The number of hydrogen-bond donors (Lipinski definition) is 4. The summed E-state index contributed by atoms with van der Waals surface area (Å²) < 4.78 is 5.88. The number of ether oxygens (including phenoxy) is 1. The van der Waals surface area contributed by atoms with E-state index in [1.165, 1.54) is 6.92 Å². The van der Waals surface area contributed by atoms with E-state index < -0.39 is 0 Å². The van der Waals surface area contributed by atoms with Gasteiger partial charge >= 0.3 is 0 Å². The summed E-state index contributed by atoms with van der Waals surface area (Å²) in [5.74, 6) is 0.586. The molecule has 0 aromatic heterocycles. The molecule has 1 fully saturated rings. The molecule has 1 aromatic rings. The van der Waals surface area contributed by atoms with E-state index >= 15 is 0 Å². The molecule has 2 aliphatic rings. The molecule has 11 heteroatoms. The number of hydrazine groups is 1. The molecular weight excluding hydrogens is 486 g/mol. The minimum absolute atomic E-state index is 0.0140. The zero-order chi connectivity index (χ0) is 27.7. The fraction of sp³-hybridized carbons (Fsp3) is 0.630. The van der Waals surface area contributed by atoms with Crippen molar-refractivity contribution in [3.63, 3.8) is 0 Å². The van der Waals surface area contributed by atoms with Crippen LogP contribution in [0.2, 0.25) is 0 Å². The average Bonchev–Trinajstić information content (AvgIpc) is 2.82. The number of aliphatic imine (C=N–C) groups is 1. The highest BCUT2D eigenvalue weighted by Gasteiger charge is 2.24. The lowest BCUT2D eigenvalue weighted by atomic mass is 9.92. The maximum absolute atomic E-state index is 12.5. The molecule has 0 saturated carbocycles. The molecule has 1 unspecified atom stereocenters. The minimum atomic E-state index is -0.258. The van der Waals surface area contributed by atoms with Gasteiger partial charge in [-0.2, -0.15) is 0 Å². The highest BCUT2D eigenvalue weighted by Crippen LogP contribution is 2.30. The van der Waals surface area contributed by atoms with Crippen molar-refractivity contribution in [1.82, 2.24) is 31.3 Å².